The number of carbonyl (C=O) groups is 1. The van der Waals surface area contributed by atoms with Crippen molar-refractivity contribution in [3.63, 3.8) is 0 Å². The summed E-state index contributed by atoms with van der Waals surface area (Å²) in [7, 11) is 2.79. The molecule has 6 heteroatoms. The lowest BCUT2D eigenvalue weighted by Gasteiger charge is -2.17. The topological polar surface area (TPSA) is 65.0 Å². The number of ether oxygens (including phenoxy) is 3. The van der Waals surface area contributed by atoms with Crippen LogP contribution in [0.4, 0.5) is 0 Å². The van der Waals surface area contributed by atoms with Crippen LogP contribution in [0.5, 0.6) is 23.0 Å². The quantitative estimate of drug-likeness (QED) is 0.691. The zero-order chi connectivity index (χ0) is 15.6. The van der Waals surface area contributed by atoms with E-state index in [0.717, 1.165) is 0 Å². The minimum atomic E-state index is -0.428. The van der Waals surface area contributed by atoms with Gasteiger partial charge in [0, 0.05) is 22.2 Å². The minimum absolute atomic E-state index is 0.0997. The molecule has 0 saturated heterocycles. The van der Waals surface area contributed by atoms with Gasteiger partial charge < -0.3 is 19.3 Å². The van der Waals surface area contributed by atoms with Crippen molar-refractivity contribution in [2.24, 2.45) is 0 Å². The second-order valence-electron chi connectivity index (χ2n) is 4.26. The number of phenols is 1. The Kier molecular flexibility index (Phi) is 4.43. The van der Waals surface area contributed by atoms with Gasteiger partial charge in [-0.1, -0.05) is 18.5 Å². The summed E-state index contributed by atoms with van der Waals surface area (Å²) in [5.41, 5.74) is 0. The number of phenolic OH excluding ortho intramolecular Hbond substituents is 1. The maximum absolute atomic E-state index is 11.6. The van der Waals surface area contributed by atoms with Gasteiger partial charge in [-0.3, -0.25) is 4.79 Å². The van der Waals surface area contributed by atoms with Crippen LogP contribution in [0.2, 0.25) is 5.02 Å². The molecule has 0 saturated carbocycles. The molecule has 5 nitrogen and oxygen atoms in total. The number of benzene rings is 2. The fraction of sp³-hybridized carbons (Fsp3) is 0.267. The van der Waals surface area contributed by atoms with Crippen molar-refractivity contribution in [2.75, 3.05) is 14.2 Å². The number of fused-ring (bicyclic) bond motifs is 1. The third-order valence-electron chi connectivity index (χ3n) is 3.02. The van der Waals surface area contributed by atoms with E-state index in [-0.39, 0.29) is 29.4 Å². The molecule has 2 rings (SSSR count). The second kappa shape index (κ2) is 6.10. The number of rotatable bonds is 4. The Bertz CT molecular complexity index is 696. The summed E-state index contributed by atoms with van der Waals surface area (Å²) in [5, 5.41) is 11.7. The van der Waals surface area contributed by atoms with Gasteiger partial charge in [-0.25, -0.2) is 0 Å². The largest absolute Gasteiger partial charge is 0.504 e. The molecule has 0 aliphatic heterocycles. The Morgan fingerprint density at radius 2 is 1.81 bits per heavy atom. The van der Waals surface area contributed by atoms with Crippen LogP contribution in [0.25, 0.3) is 10.8 Å². The van der Waals surface area contributed by atoms with E-state index in [1.807, 2.05) is 0 Å². The fourth-order valence-electron chi connectivity index (χ4n) is 2.03. The summed E-state index contributed by atoms with van der Waals surface area (Å²) in [4.78, 5) is 11.6. The van der Waals surface area contributed by atoms with E-state index in [0.29, 0.717) is 15.8 Å². The summed E-state index contributed by atoms with van der Waals surface area (Å²) in [6.45, 7) is 1.68. The van der Waals surface area contributed by atoms with Crippen molar-refractivity contribution in [3.8, 4) is 23.0 Å². The SMILES string of the molecule is CCC(=O)Oc1c(OC)c(OC)c(O)c2ccc(Cl)cc12. The van der Waals surface area contributed by atoms with Gasteiger partial charge in [0.25, 0.3) is 0 Å². The number of hydrogen-bond acceptors (Lipinski definition) is 5. The Morgan fingerprint density at radius 3 is 2.38 bits per heavy atom. The third kappa shape index (κ3) is 2.69. The third-order valence-corrected chi connectivity index (χ3v) is 3.26. The van der Waals surface area contributed by atoms with Gasteiger partial charge in [-0.2, -0.15) is 0 Å². The molecule has 0 bridgehead atoms. The zero-order valence-corrected chi connectivity index (χ0v) is 12.7. The van der Waals surface area contributed by atoms with Gasteiger partial charge >= 0.3 is 5.97 Å². The lowest BCUT2D eigenvalue weighted by atomic mass is 10.1. The number of aromatic hydroxyl groups is 1. The average Bonchev–Trinajstić information content (AvgIpc) is 2.49. The number of methoxy groups -OCH3 is 2. The van der Waals surface area contributed by atoms with E-state index in [1.54, 1.807) is 25.1 Å². The molecule has 0 aromatic heterocycles. The summed E-state index contributed by atoms with van der Waals surface area (Å²) in [6.07, 6.45) is 0.203. The first-order chi connectivity index (χ1) is 10.0. The maximum atomic E-state index is 11.6. The molecule has 0 spiro atoms. The van der Waals surface area contributed by atoms with Crippen molar-refractivity contribution in [1.82, 2.24) is 0 Å². The highest BCUT2D eigenvalue weighted by Gasteiger charge is 2.23. The van der Waals surface area contributed by atoms with E-state index in [4.69, 9.17) is 25.8 Å². The number of halogens is 1. The van der Waals surface area contributed by atoms with Gasteiger partial charge in [-0.05, 0) is 18.2 Å². The Balaban J connectivity index is 2.85. The van der Waals surface area contributed by atoms with E-state index in [9.17, 15) is 9.90 Å². The van der Waals surface area contributed by atoms with E-state index < -0.39 is 5.97 Å². The predicted octanol–water partition coefficient (Wildman–Crippen LogP) is 3.53. The lowest BCUT2D eigenvalue weighted by Crippen LogP contribution is -2.08. The average molecular weight is 311 g/mol. The lowest BCUT2D eigenvalue weighted by molar-refractivity contribution is -0.134. The highest BCUT2D eigenvalue weighted by Crippen LogP contribution is 2.50. The number of esters is 1. The van der Waals surface area contributed by atoms with Gasteiger partial charge in [-0.15, -0.1) is 0 Å². The zero-order valence-electron chi connectivity index (χ0n) is 11.9. The summed E-state index contributed by atoms with van der Waals surface area (Å²) >= 11 is 5.99. The Labute approximate surface area is 127 Å². The van der Waals surface area contributed by atoms with Crippen LogP contribution in [-0.2, 0) is 4.79 Å². The normalized spacial score (nSPS) is 10.5. The molecule has 0 amide bonds. The van der Waals surface area contributed by atoms with Crippen LogP contribution in [-0.4, -0.2) is 25.3 Å². The van der Waals surface area contributed by atoms with Crippen LogP contribution in [0, 0.1) is 0 Å². The maximum Gasteiger partial charge on any atom is 0.311 e. The van der Waals surface area contributed by atoms with Crippen molar-refractivity contribution >= 4 is 28.3 Å². The number of hydrogen-bond donors (Lipinski definition) is 1. The minimum Gasteiger partial charge on any atom is -0.504 e. The van der Waals surface area contributed by atoms with Gasteiger partial charge in [0.1, 0.15) is 0 Å². The molecule has 112 valence electrons. The van der Waals surface area contributed by atoms with Crippen LogP contribution in [0.15, 0.2) is 18.2 Å². The first-order valence-electron chi connectivity index (χ1n) is 6.30. The molecule has 2 aromatic rings. The van der Waals surface area contributed by atoms with Crippen LogP contribution in [0.3, 0.4) is 0 Å². The molecule has 0 aliphatic carbocycles. The predicted molar refractivity (Wildman–Crippen MR) is 79.7 cm³/mol. The monoisotopic (exact) mass is 310 g/mol. The van der Waals surface area contributed by atoms with Crippen LogP contribution >= 0.6 is 11.6 Å². The standard InChI is InChI=1S/C15H15ClO5/c1-4-11(17)21-13-10-7-8(16)5-6-9(10)12(18)14(19-2)15(13)20-3/h5-7,18H,4H2,1-3H3. The summed E-state index contributed by atoms with van der Waals surface area (Å²) < 4.78 is 15.7. The molecule has 0 heterocycles. The highest BCUT2D eigenvalue weighted by molar-refractivity contribution is 6.31. The van der Waals surface area contributed by atoms with Crippen molar-refractivity contribution in [3.05, 3.63) is 23.2 Å². The van der Waals surface area contributed by atoms with Gasteiger partial charge in [0.15, 0.2) is 11.5 Å². The van der Waals surface area contributed by atoms with E-state index in [2.05, 4.69) is 0 Å². The Hall–Kier alpha value is -2.14. The molecule has 0 fully saturated rings. The molecule has 0 aliphatic rings. The summed E-state index contributed by atoms with van der Waals surface area (Å²) in [6, 6.07) is 4.84. The first-order valence-corrected chi connectivity index (χ1v) is 6.68. The molecule has 0 unspecified atom stereocenters. The van der Waals surface area contributed by atoms with Crippen LogP contribution < -0.4 is 14.2 Å². The van der Waals surface area contributed by atoms with E-state index in [1.165, 1.54) is 14.2 Å². The number of carbonyl (C=O) groups excluding carboxylic acids is 1. The molecule has 0 radical (unpaired) electrons. The molecule has 21 heavy (non-hydrogen) atoms. The molecular formula is C15H15ClO5. The fourth-order valence-corrected chi connectivity index (χ4v) is 2.20. The molecule has 2 aromatic carbocycles. The second-order valence-corrected chi connectivity index (χ2v) is 4.70. The van der Waals surface area contributed by atoms with Crippen molar-refractivity contribution in [2.45, 2.75) is 13.3 Å². The molecular weight excluding hydrogens is 296 g/mol. The smallest absolute Gasteiger partial charge is 0.311 e. The molecule has 0 atom stereocenters. The Morgan fingerprint density at radius 1 is 1.14 bits per heavy atom. The van der Waals surface area contributed by atoms with Crippen molar-refractivity contribution in [1.29, 1.82) is 0 Å². The van der Waals surface area contributed by atoms with Crippen molar-refractivity contribution < 1.29 is 24.1 Å². The first kappa shape index (κ1) is 15.3. The van der Waals surface area contributed by atoms with E-state index >= 15 is 0 Å². The highest BCUT2D eigenvalue weighted by atomic mass is 35.5. The molecule has 1 N–H and O–H groups in total. The summed E-state index contributed by atoms with van der Waals surface area (Å²) in [5.74, 6) is -0.103. The van der Waals surface area contributed by atoms with Crippen LogP contribution in [0.1, 0.15) is 13.3 Å². The van der Waals surface area contributed by atoms with Gasteiger partial charge in [0.05, 0.1) is 14.2 Å². The van der Waals surface area contributed by atoms with Gasteiger partial charge in [0.2, 0.25) is 11.5 Å².